The van der Waals surface area contributed by atoms with Crippen molar-refractivity contribution in [2.45, 2.75) is 174 Å². The Morgan fingerprint density at radius 2 is 0.814 bits per heavy atom. The Kier molecular flexibility index (Phi) is 26.5. The van der Waals surface area contributed by atoms with Crippen LogP contribution in [0.5, 0.6) is 46.0 Å². The van der Waals surface area contributed by atoms with Crippen LogP contribution >= 0.6 is 0 Å². The van der Waals surface area contributed by atoms with Gasteiger partial charge in [0.2, 0.25) is 0 Å². The molecular weight excluding hydrogens is 1300 g/mol. The third kappa shape index (κ3) is 19.2. The molecule has 0 spiro atoms. The number of phenols is 8. The van der Waals surface area contributed by atoms with Crippen LogP contribution in [0.25, 0.3) is 12.2 Å². The Bertz CT molecular complexity index is 3280. The zero-order valence-electron chi connectivity index (χ0n) is 51.7. The second-order valence-corrected chi connectivity index (χ2v) is 23.3. The molecule has 34 nitrogen and oxygen atoms in total. The van der Waals surface area contributed by atoms with E-state index in [0.29, 0.717) is 16.7 Å². The number of aliphatic hydroxyl groups excluding tert-OH is 12. The Morgan fingerprint density at radius 1 is 0.423 bits per heavy atom. The fourth-order valence-electron chi connectivity index (χ4n) is 10.6. The first kappa shape index (κ1) is 75.6. The topological polar surface area (TPSA) is 550 Å². The largest absolute Gasteiger partial charge is 0.504 e. The van der Waals surface area contributed by atoms with E-state index in [2.05, 4.69) is 0 Å². The Balaban J connectivity index is 0.000000252. The van der Waals surface area contributed by atoms with Gasteiger partial charge in [-0.2, -0.15) is 0 Å². The number of benzene rings is 4. The number of esters is 2. The highest BCUT2D eigenvalue weighted by Crippen LogP contribution is 2.36. The summed E-state index contributed by atoms with van der Waals surface area (Å²) in [5.41, 5.74) is 1.73. The predicted octanol–water partition coefficient (Wildman–Crippen LogP) is -3.57. The molecule has 0 amide bonds. The van der Waals surface area contributed by atoms with Crippen LogP contribution in [0.1, 0.15) is 36.1 Å². The maximum Gasteiger partial charge on any atom is 0.331 e. The van der Waals surface area contributed by atoms with Crippen LogP contribution in [0.3, 0.4) is 0 Å². The van der Waals surface area contributed by atoms with E-state index in [4.69, 9.17) is 56.8 Å². The third-order valence-corrected chi connectivity index (χ3v) is 16.2. The van der Waals surface area contributed by atoms with Crippen molar-refractivity contribution in [3.63, 3.8) is 0 Å². The van der Waals surface area contributed by atoms with Gasteiger partial charge in [0.05, 0.1) is 45.2 Å². The van der Waals surface area contributed by atoms with Crippen LogP contribution in [0.2, 0.25) is 0 Å². The van der Waals surface area contributed by atoms with Gasteiger partial charge < -0.3 is 159 Å². The molecule has 97 heavy (non-hydrogen) atoms. The van der Waals surface area contributed by atoms with Crippen molar-refractivity contribution in [3.8, 4) is 46.0 Å². The molecule has 9 rings (SSSR count). The van der Waals surface area contributed by atoms with E-state index in [1.165, 1.54) is 92.7 Å². The quantitative estimate of drug-likeness (QED) is 0.0206. The number of carbonyl (C=O) groups excluding carboxylic acids is 2. The van der Waals surface area contributed by atoms with Crippen molar-refractivity contribution in [2.75, 3.05) is 33.0 Å². The summed E-state index contributed by atoms with van der Waals surface area (Å²) in [7, 11) is 0. The van der Waals surface area contributed by atoms with Gasteiger partial charge in [0.15, 0.2) is 89.7 Å². The monoisotopic (exact) mass is 1380 g/mol. The molecule has 24 atom stereocenters. The van der Waals surface area contributed by atoms with Gasteiger partial charge in [0.25, 0.3) is 0 Å². The smallest absolute Gasteiger partial charge is 0.331 e. The SMILES string of the molecule is CC1O[C@@H](O[C@@H]2C(O)[C@H](OCCc3ccc(O)c(O)c3)OC(CO)[C@@H]2OC(=O)/C=C/c2ccc(O)c(O)c2)C(O)[C@@H](O)[C@H]1O.CC1O[C@@H](O[C@@H]2C(O)[C@H](OCCc3ccc(O)c(O)c3)OC(CO[C@@H]3OC[C@@H](O)[C@@H](O)C3O)[C@@H]2OC(=O)/C=C/c2ccc(O)c(O)c2)C(O)[C@@H](O)[C@H]1O. The molecule has 0 saturated carbocycles. The lowest BCUT2D eigenvalue weighted by Crippen LogP contribution is -2.65. The number of carbonyl (C=O) groups is 2. The predicted molar refractivity (Wildman–Crippen MR) is 321 cm³/mol. The summed E-state index contributed by atoms with van der Waals surface area (Å²) in [6.07, 6.45) is -32.6. The lowest BCUT2D eigenvalue weighted by Gasteiger charge is -2.47. The summed E-state index contributed by atoms with van der Waals surface area (Å²) in [5, 5.41) is 203. The van der Waals surface area contributed by atoms with Gasteiger partial charge in [-0.3, -0.25) is 0 Å². The summed E-state index contributed by atoms with van der Waals surface area (Å²) < 4.78 is 68.2. The minimum atomic E-state index is -1.86. The summed E-state index contributed by atoms with van der Waals surface area (Å²) >= 11 is 0. The number of rotatable bonds is 22. The van der Waals surface area contributed by atoms with Crippen molar-refractivity contribution in [1.29, 1.82) is 0 Å². The van der Waals surface area contributed by atoms with Crippen molar-refractivity contribution in [3.05, 3.63) is 107 Å². The van der Waals surface area contributed by atoms with Crippen LogP contribution in [-0.2, 0) is 79.3 Å². The normalized spacial score (nSPS) is 34.6. The van der Waals surface area contributed by atoms with E-state index >= 15 is 0 Å². The van der Waals surface area contributed by atoms with Crippen LogP contribution in [-0.4, -0.2) is 295 Å². The third-order valence-electron chi connectivity index (χ3n) is 16.2. The van der Waals surface area contributed by atoms with Gasteiger partial charge in [0.1, 0.15) is 91.6 Å². The molecule has 5 aliphatic rings. The molecule has 5 saturated heterocycles. The van der Waals surface area contributed by atoms with Gasteiger partial charge in [-0.25, -0.2) is 9.59 Å². The molecule has 536 valence electrons. The second-order valence-electron chi connectivity index (χ2n) is 23.3. The summed E-state index contributed by atoms with van der Waals surface area (Å²) in [5.74, 6) is -5.02. The van der Waals surface area contributed by atoms with Crippen LogP contribution < -0.4 is 0 Å². The molecule has 5 aliphatic heterocycles. The van der Waals surface area contributed by atoms with Gasteiger partial charge >= 0.3 is 11.9 Å². The molecule has 0 bridgehead atoms. The maximum atomic E-state index is 13.2. The Labute approximate surface area is 551 Å². The van der Waals surface area contributed by atoms with Gasteiger partial charge in [-0.05, 0) is 110 Å². The van der Waals surface area contributed by atoms with E-state index in [9.17, 15) is 112 Å². The summed E-state index contributed by atoms with van der Waals surface area (Å²) in [6, 6.07) is 15.8. The molecule has 34 heteroatoms. The maximum absolute atomic E-state index is 13.2. The van der Waals surface area contributed by atoms with Crippen molar-refractivity contribution >= 4 is 24.1 Å². The fourth-order valence-corrected chi connectivity index (χ4v) is 10.6. The van der Waals surface area contributed by atoms with Crippen molar-refractivity contribution in [1.82, 2.24) is 0 Å². The highest BCUT2D eigenvalue weighted by molar-refractivity contribution is 5.88. The molecule has 0 radical (unpaired) electrons. The molecule has 4 aromatic carbocycles. The van der Waals surface area contributed by atoms with E-state index in [1.54, 1.807) is 6.07 Å². The van der Waals surface area contributed by atoms with E-state index in [-0.39, 0.29) is 60.4 Å². The Hall–Kier alpha value is -7.18. The zero-order valence-corrected chi connectivity index (χ0v) is 51.7. The number of phenolic OH excluding ortho intramolecular Hbond substituents is 8. The first-order valence-corrected chi connectivity index (χ1v) is 30.4. The van der Waals surface area contributed by atoms with E-state index in [0.717, 1.165) is 12.2 Å². The minimum absolute atomic E-state index is 0.0754. The molecule has 4 aromatic rings. The molecule has 5 fully saturated rings. The lowest BCUT2D eigenvalue weighted by atomic mass is 9.96. The average molecular weight is 1380 g/mol. The lowest BCUT2D eigenvalue weighted by molar-refractivity contribution is -0.362. The van der Waals surface area contributed by atoms with Crippen molar-refractivity contribution < 1.29 is 169 Å². The van der Waals surface area contributed by atoms with Gasteiger partial charge in [0, 0.05) is 12.2 Å². The first-order chi connectivity index (χ1) is 46.0. The summed E-state index contributed by atoms with van der Waals surface area (Å²) in [6.45, 7) is 0.844. The average Bonchev–Trinajstić information content (AvgIpc) is 0.791. The van der Waals surface area contributed by atoms with Gasteiger partial charge in [-0.1, -0.05) is 24.3 Å². The molecule has 5 heterocycles. The first-order valence-electron chi connectivity index (χ1n) is 30.4. The highest BCUT2D eigenvalue weighted by atomic mass is 16.8. The van der Waals surface area contributed by atoms with E-state index < -0.39 is 196 Å². The molecular formula is C63H80O34. The summed E-state index contributed by atoms with van der Waals surface area (Å²) in [4.78, 5) is 26.0. The molecule has 9 unspecified atom stereocenters. The molecule has 0 aromatic heterocycles. The van der Waals surface area contributed by atoms with Crippen LogP contribution in [0, 0.1) is 0 Å². The number of aliphatic hydroxyl groups is 12. The molecule has 0 aliphatic carbocycles. The highest BCUT2D eigenvalue weighted by Gasteiger charge is 2.55. The van der Waals surface area contributed by atoms with Crippen LogP contribution in [0.4, 0.5) is 0 Å². The fraction of sp³-hybridized carbons (Fsp3) is 0.524. The standard InChI is InChI=1S/C34H44O19.C29H36O15/c1-14-24(41)26(43)28(45)34(50-14)53-31-29(46)33(47-9-8-16-3-6-18(36)20(38)11-16)51-22(13-49-32-27(44)25(42)21(39)12-48-32)30(31)52-23(40)7-4-15-2-5-17(35)19(37)10-15;1-13-22(36)23(37)24(38)29(41-13)44-27-25(39)28(40-9-8-15-3-6-17(32)19(34)11-15)42-20(12-30)26(27)43-21(35)7-4-14-2-5-16(31)18(33)10-14/h2-7,10-11,14,21-22,24-39,41-46H,8-9,12-13H2,1H3;2-7,10-11,13,20,22-34,36-39H,8-9,12H2,1H3/b2*7-4+/t14?,21-,22?,24+,25-,26+,27?,28?,29?,30+,31-,32+,33-,34+;13?,20?,22-,23-,24?,25?,26-,27+,28+,29-/m10/s1. The second kappa shape index (κ2) is 34.1. The molecule has 20 N–H and O–H groups in total. The van der Waals surface area contributed by atoms with Crippen molar-refractivity contribution in [2.24, 2.45) is 0 Å². The van der Waals surface area contributed by atoms with Crippen LogP contribution in [0.15, 0.2) is 84.9 Å². The number of aromatic hydroxyl groups is 8. The zero-order chi connectivity index (χ0) is 70.7. The number of hydrogen-bond donors (Lipinski definition) is 20. The van der Waals surface area contributed by atoms with Gasteiger partial charge in [-0.15, -0.1) is 0 Å². The Morgan fingerprint density at radius 3 is 1.23 bits per heavy atom. The number of ether oxygens (including phenoxy) is 12. The van der Waals surface area contributed by atoms with E-state index in [1.807, 2.05) is 0 Å². The minimum Gasteiger partial charge on any atom is -0.504 e. The number of hydrogen-bond acceptors (Lipinski definition) is 34.